The van der Waals surface area contributed by atoms with Crippen molar-refractivity contribution in [2.75, 3.05) is 12.9 Å². The second-order valence-electron chi connectivity index (χ2n) is 3.49. The zero-order valence-electron chi connectivity index (χ0n) is 8.77. The molecule has 0 aliphatic rings. The molecule has 1 aromatic rings. The quantitative estimate of drug-likeness (QED) is 0.849. The predicted molar refractivity (Wildman–Crippen MR) is 60.3 cm³/mol. The van der Waals surface area contributed by atoms with Gasteiger partial charge in [0.15, 0.2) is 9.84 Å². The SMILES string of the molecule is C/C(=C\c1ccc(S(C)(=O)=O)cc1)CO. The summed E-state index contributed by atoms with van der Waals surface area (Å²) >= 11 is 0. The van der Waals surface area contributed by atoms with E-state index in [2.05, 4.69) is 0 Å². The van der Waals surface area contributed by atoms with Crippen LogP contribution in [0.4, 0.5) is 0 Å². The molecule has 15 heavy (non-hydrogen) atoms. The van der Waals surface area contributed by atoms with E-state index < -0.39 is 9.84 Å². The maximum Gasteiger partial charge on any atom is 0.175 e. The highest BCUT2D eigenvalue weighted by Crippen LogP contribution is 2.12. The van der Waals surface area contributed by atoms with Gasteiger partial charge in [0, 0.05) is 6.26 Å². The third-order valence-corrected chi connectivity index (χ3v) is 3.10. The van der Waals surface area contributed by atoms with Gasteiger partial charge in [0.25, 0.3) is 0 Å². The minimum absolute atomic E-state index is 0.00777. The van der Waals surface area contributed by atoms with Crippen LogP contribution in [0.15, 0.2) is 34.7 Å². The van der Waals surface area contributed by atoms with E-state index in [1.165, 1.54) is 6.26 Å². The van der Waals surface area contributed by atoms with Gasteiger partial charge in [-0.3, -0.25) is 0 Å². The Morgan fingerprint density at radius 3 is 2.27 bits per heavy atom. The standard InChI is InChI=1S/C11H14O3S/c1-9(8-12)7-10-3-5-11(6-4-10)15(2,13)14/h3-7,12H,8H2,1-2H3/b9-7+. The van der Waals surface area contributed by atoms with Crippen LogP contribution in [0.3, 0.4) is 0 Å². The summed E-state index contributed by atoms with van der Waals surface area (Å²) in [7, 11) is -3.12. The Morgan fingerprint density at radius 1 is 1.33 bits per heavy atom. The van der Waals surface area contributed by atoms with Gasteiger partial charge in [-0.15, -0.1) is 0 Å². The highest BCUT2D eigenvalue weighted by atomic mass is 32.2. The molecule has 1 aromatic carbocycles. The van der Waals surface area contributed by atoms with E-state index in [9.17, 15) is 8.42 Å². The zero-order valence-corrected chi connectivity index (χ0v) is 9.58. The fourth-order valence-corrected chi connectivity index (χ4v) is 1.77. The fraction of sp³-hybridized carbons (Fsp3) is 0.273. The lowest BCUT2D eigenvalue weighted by Gasteiger charge is -2.00. The van der Waals surface area contributed by atoms with Gasteiger partial charge in [-0.2, -0.15) is 0 Å². The van der Waals surface area contributed by atoms with E-state index in [-0.39, 0.29) is 6.61 Å². The number of aliphatic hydroxyl groups is 1. The minimum atomic E-state index is -3.12. The van der Waals surface area contributed by atoms with Crippen LogP contribution < -0.4 is 0 Å². The third-order valence-electron chi connectivity index (χ3n) is 1.97. The van der Waals surface area contributed by atoms with Crippen molar-refractivity contribution in [1.29, 1.82) is 0 Å². The molecule has 4 heteroatoms. The monoisotopic (exact) mass is 226 g/mol. The zero-order chi connectivity index (χ0) is 11.5. The summed E-state index contributed by atoms with van der Waals surface area (Å²) in [5.74, 6) is 0. The van der Waals surface area contributed by atoms with Crippen LogP contribution in [0, 0.1) is 0 Å². The van der Waals surface area contributed by atoms with E-state index in [4.69, 9.17) is 5.11 Å². The molecule has 0 saturated carbocycles. The lowest BCUT2D eigenvalue weighted by Crippen LogP contribution is -1.96. The second-order valence-corrected chi connectivity index (χ2v) is 5.51. The molecule has 0 spiro atoms. The molecule has 0 aliphatic heterocycles. The summed E-state index contributed by atoms with van der Waals surface area (Å²) in [5.41, 5.74) is 1.72. The van der Waals surface area contributed by atoms with Gasteiger partial charge in [0.05, 0.1) is 11.5 Å². The number of hydrogen-bond acceptors (Lipinski definition) is 3. The van der Waals surface area contributed by atoms with Crippen LogP contribution in [0.5, 0.6) is 0 Å². The number of rotatable bonds is 3. The summed E-state index contributed by atoms with van der Waals surface area (Å²) in [4.78, 5) is 0.307. The Kier molecular flexibility index (Phi) is 3.66. The molecule has 0 unspecified atom stereocenters. The van der Waals surface area contributed by atoms with Crippen molar-refractivity contribution in [3.8, 4) is 0 Å². The molecular formula is C11H14O3S. The molecule has 0 saturated heterocycles. The average Bonchev–Trinajstić information content (AvgIpc) is 2.17. The molecule has 82 valence electrons. The normalized spacial score (nSPS) is 12.9. The first-order valence-corrected chi connectivity index (χ1v) is 6.41. The van der Waals surface area contributed by atoms with Crippen molar-refractivity contribution >= 4 is 15.9 Å². The Balaban J connectivity index is 3.01. The van der Waals surface area contributed by atoms with Gasteiger partial charge >= 0.3 is 0 Å². The summed E-state index contributed by atoms with van der Waals surface area (Å²) in [6.07, 6.45) is 2.99. The first-order chi connectivity index (χ1) is 6.93. The highest BCUT2D eigenvalue weighted by Gasteiger charge is 2.05. The van der Waals surface area contributed by atoms with Gasteiger partial charge in [-0.25, -0.2) is 8.42 Å². The number of hydrogen-bond donors (Lipinski definition) is 1. The minimum Gasteiger partial charge on any atom is -0.392 e. The van der Waals surface area contributed by atoms with Crippen molar-refractivity contribution in [2.45, 2.75) is 11.8 Å². The van der Waals surface area contributed by atoms with Crippen molar-refractivity contribution in [3.63, 3.8) is 0 Å². The van der Waals surface area contributed by atoms with E-state index in [0.29, 0.717) is 4.90 Å². The molecule has 1 N–H and O–H groups in total. The maximum atomic E-state index is 11.2. The van der Waals surface area contributed by atoms with E-state index >= 15 is 0 Å². The molecule has 0 heterocycles. The van der Waals surface area contributed by atoms with Crippen LogP contribution in [0.1, 0.15) is 12.5 Å². The van der Waals surface area contributed by atoms with Gasteiger partial charge in [-0.05, 0) is 30.2 Å². The summed E-state index contributed by atoms with van der Waals surface area (Å²) in [6.45, 7) is 1.82. The molecule has 0 fully saturated rings. The van der Waals surface area contributed by atoms with Crippen LogP contribution in [-0.4, -0.2) is 26.4 Å². The lowest BCUT2D eigenvalue weighted by atomic mass is 10.1. The highest BCUT2D eigenvalue weighted by molar-refractivity contribution is 7.90. The summed E-state index contributed by atoms with van der Waals surface area (Å²) in [5, 5.41) is 8.82. The van der Waals surface area contributed by atoms with E-state index in [0.717, 1.165) is 11.1 Å². The summed E-state index contributed by atoms with van der Waals surface area (Å²) in [6, 6.07) is 6.56. The Hall–Kier alpha value is -1.13. The topological polar surface area (TPSA) is 54.4 Å². The second kappa shape index (κ2) is 4.59. The molecule has 0 amide bonds. The fourth-order valence-electron chi connectivity index (χ4n) is 1.14. The van der Waals surface area contributed by atoms with Gasteiger partial charge in [0.2, 0.25) is 0 Å². The van der Waals surface area contributed by atoms with Gasteiger partial charge in [-0.1, -0.05) is 18.2 Å². The molecular weight excluding hydrogens is 212 g/mol. The molecule has 3 nitrogen and oxygen atoms in total. The smallest absolute Gasteiger partial charge is 0.175 e. The summed E-state index contributed by atoms with van der Waals surface area (Å²) < 4.78 is 22.3. The van der Waals surface area contributed by atoms with Crippen LogP contribution in [0.2, 0.25) is 0 Å². The Bertz CT molecular complexity index is 455. The number of aliphatic hydroxyl groups excluding tert-OH is 1. The largest absolute Gasteiger partial charge is 0.392 e. The molecule has 0 bridgehead atoms. The predicted octanol–water partition coefficient (Wildman–Crippen LogP) is 1.49. The van der Waals surface area contributed by atoms with E-state index in [1.54, 1.807) is 24.3 Å². The van der Waals surface area contributed by atoms with Crippen LogP contribution in [-0.2, 0) is 9.84 Å². The van der Waals surface area contributed by atoms with Crippen LogP contribution >= 0.6 is 0 Å². The number of sulfone groups is 1. The Labute approximate surface area is 90.0 Å². The lowest BCUT2D eigenvalue weighted by molar-refractivity contribution is 0.332. The first kappa shape index (κ1) is 11.9. The van der Waals surface area contributed by atoms with Gasteiger partial charge < -0.3 is 5.11 Å². The van der Waals surface area contributed by atoms with Gasteiger partial charge in [0.1, 0.15) is 0 Å². The molecule has 1 rings (SSSR count). The van der Waals surface area contributed by atoms with Crippen molar-refractivity contribution in [1.82, 2.24) is 0 Å². The Morgan fingerprint density at radius 2 is 1.87 bits per heavy atom. The number of benzene rings is 1. The van der Waals surface area contributed by atoms with Crippen LogP contribution in [0.25, 0.3) is 6.08 Å². The molecule has 0 aromatic heterocycles. The third kappa shape index (κ3) is 3.49. The molecule has 0 aliphatic carbocycles. The van der Waals surface area contributed by atoms with Crippen molar-refractivity contribution in [3.05, 3.63) is 35.4 Å². The van der Waals surface area contributed by atoms with Crippen molar-refractivity contribution in [2.24, 2.45) is 0 Å². The van der Waals surface area contributed by atoms with Crippen molar-refractivity contribution < 1.29 is 13.5 Å². The average molecular weight is 226 g/mol. The van der Waals surface area contributed by atoms with E-state index in [1.807, 2.05) is 13.0 Å². The maximum absolute atomic E-state index is 11.2. The molecule has 0 radical (unpaired) electrons. The molecule has 0 atom stereocenters. The first-order valence-electron chi connectivity index (χ1n) is 4.51.